The van der Waals surface area contributed by atoms with Crippen LogP contribution in [0.15, 0.2) is 42.1 Å². The van der Waals surface area contributed by atoms with Gasteiger partial charge in [0.25, 0.3) is 0 Å². The summed E-state index contributed by atoms with van der Waals surface area (Å²) in [5, 5.41) is 14.8. The third-order valence-electron chi connectivity index (χ3n) is 1.54. The van der Waals surface area contributed by atoms with Crippen molar-refractivity contribution in [3.8, 4) is 5.75 Å². The van der Waals surface area contributed by atoms with Crippen molar-refractivity contribution >= 4 is 5.69 Å². The molecule has 0 radical (unpaired) electrons. The number of anilines is 1. The maximum Gasteiger partial charge on any atom is 0.179 e. The molecule has 2 N–H and O–H groups in total. The number of phenolic OH excluding ortho intramolecular Hbond substituents is 1. The Kier molecular flexibility index (Phi) is 3.03. The molecule has 4 heteroatoms. The Bertz CT molecular complexity index is 304. The van der Waals surface area contributed by atoms with Gasteiger partial charge in [0.05, 0.1) is 5.69 Å². The van der Waals surface area contributed by atoms with Gasteiger partial charge in [0.2, 0.25) is 0 Å². The number of hydrogen-bond acceptors (Lipinski definition) is 4. The summed E-state index contributed by atoms with van der Waals surface area (Å²) in [7, 11) is 0. The second-order valence-corrected chi connectivity index (χ2v) is 2.45. The molecule has 13 heavy (non-hydrogen) atoms. The van der Waals surface area contributed by atoms with Crippen LogP contribution in [0.25, 0.3) is 0 Å². The SMILES string of the molecule is C=CC(N=O)Nc1ccccc1O. The summed E-state index contributed by atoms with van der Waals surface area (Å²) in [5.74, 6) is 0.0815. The van der Waals surface area contributed by atoms with Crippen LogP contribution < -0.4 is 5.32 Å². The number of nitrogens with one attached hydrogen (secondary N) is 1. The summed E-state index contributed by atoms with van der Waals surface area (Å²) < 4.78 is 0. The fourth-order valence-electron chi connectivity index (χ4n) is 0.883. The van der Waals surface area contributed by atoms with Crippen LogP contribution in [0, 0.1) is 4.91 Å². The van der Waals surface area contributed by atoms with Gasteiger partial charge in [-0.2, -0.15) is 0 Å². The molecule has 0 bridgehead atoms. The zero-order valence-electron chi connectivity index (χ0n) is 6.97. The number of nitrogens with zero attached hydrogens (tertiary/aromatic N) is 1. The van der Waals surface area contributed by atoms with Gasteiger partial charge in [-0.15, -0.1) is 4.91 Å². The lowest BCUT2D eigenvalue weighted by Gasteiger charge is -2.09. The van der Waals surface area contributed by atoms with Gasteiger partial charge in [0, 0.05) is 0 Å². The van der Waals surface area contributed by atoms with Crippen molar-refractivity contribution in [3.05, 3.63) is 41.8 Å². The molecular weight excluding hydrogens is 168 g/mol. The highest BCUT2D eigenvalue weighted by Crippen LogP contribution is 2.22. The first-order valence-corrected chi connectivity index (χ1v) is 3.77. The Balaban J connectivity index is 2.78. The van der Waals surface area contributed by atoms with E-state index in [4.69, 9.17) is 0 Å². The fourth-order valence-corrected chi connectivity index (χ4v) is 0.883. The van der Waals surface area contributed by atoms with Crippen LogP contribution in [-0.2, 0) is 0 Å². The largest absolute Gasteiger partial charge is 0.506 e. The molecule has 0 spiro atoms. The zero-order chi connectivity index (χ0) is 9.68. The van der Waals surface area contributed by atoms with Crippen molar-refractivity contribution in [2.45, 2.75) is 6.17 Å². The van der Waals surface area contributed by atoms with Crippen molar-refractivity contribution in [1.82, 2.24) is 0 Å². The molecule has 4 nitrogen and oxygen atoms in total. The van der Waals surface area contributed by atoms with Gasteiger partial charge in [0.15, 0.2) is 6.17 Å². The van der Waals surface area contributed by atoms with E-state index >= 15 is 0 Å². The lowest BCUT2D eigenvalue weighted by molar-refractivity contribution is 0.477. The number of phenols is 1. The first-order valence-electron chi connectivity index (χ1n) is 3.77. The van der Waals surface area contributed by atoms with E-state index in [9.17, 15) is 10.0 Å². The van der Waals surface area contributed by atoms with Crippen molar-refractivity contribution < 1.29 is 5.11 Å². The Labute approximate surface area is 75.9 Å². The van der Waals surface area contributed by atoms with Crippen LogP contribution >= 0.6 is 0 Å². The monoisotopic (exact) mass is 178 g/mol. The first-order chi connectivity index (χ1) is 6.27. The normalized spacial score (nSPS) is 11.7. The average molecular weight is 178 g/mol. The minimum absolute atomic E-state index is 0.0815. The van der Waals surface area contributed by atoms with E-state index in [-0.39, 0.29) is 5.75 Å². The second-order valence-electron chi connectivity index (χ2n) is 2.45. The molecule has 1 aromatic carbocycles. The fraction of sp³-hybridized carbons (Fsp3) is 0.111. The summed E-state index contributed by atoms with van der Waals surface area (Å²) in [6, 6.07) is 6.61. The molecule has 0 aliphatic heterocycles. The van der Waals surface area contributed by atoms with E-state index in [2.05, 4.69) is 17.1 Å². The van der Waals surface area contributed by atoms with Gasteiger partial charge in [-0.05, 0) is 23.4 Å². The molecule has 0 aliphatic carbocycles. The molecule has 1 aromatic rings. The third kappa shape index (κ3) is 2.30. The van der Waals surface area contributed by atoms with Gasteiger partial charge < -0.3 is 10.4 Å². The minimum Gasteiger partial charge on any atom is -0.506 e. The Morgan fingerprint density at radius 3 is 2.77 bits per heavy atom. The molecule has 0 saturated carbocycles. The molecule has 0 fully saturated rings. The van der Waals surface area contributed by atoms with Crippen molar-refractivity contribution in [2.24, 2.45) is 5.18 Å². The number of rotatable bonds is 4. The predicted octanol–water partition coefficient (Wildman–Crippen LogP) is 2.08. The van der Waals surface area contributed by atoms with Crippen molar-refractivity contribution in [3.63, 3.8) is 0 Å². The zero-order valence-corrected chi connectivity index (χ0v) is 6.97. The van der Waals surface area contributed by atoms with E-state index < -0.39 is 6.17 Å². The number of hydrogen-bond donors (Lipinski definition) is 2. The van der Waals surface area contributed by atoms with E-state index in [0.717, 1.165) is 0 Å². The summed E-state index contributed by atoms with van der Waals surface area (Å²) in [5.41, 5.74) is 0.465. The Morgan fingerprint density at radius 1 is 1.54 bits per heavy atom. The van der Waals surface area contributed by atoms with Gasteiger partial charge in [-0.1, -0.05) is 18.7 Å². The van der Waals surface area contributed by atoms with Crippen molar-refractivity contribution in [2.75, 3.05) is 5.32 Å². The topological polar surface area (TPSA) is 61.7 Å². The number of nitroso groups, excluding NO2 is 1. The summed E-state index contributed by atoms with van der Waals surface area (Å²) in [4.78, 5) is 10.2. The lowest BCUT2D eigenvalue weighted by atomic mass is 10.3. The molecular formula is C9H10N2O2. The molecule has 0 heterocycles. The average Bonchev–Trinajstić information content (AvgIpc) is 2.17. The maximum absolute atomic E-state index is 10.2. The van der Waals surface area contributed by atoms with E-state index in [0.29, 0.717) is 5.69 Å². The lowest BCUT2D eigenvalue weighted by Crippen LogP contribution is -2.12. The molecule has 0 aliphatic rings. The first kappa shape index (κ1) is 9.25. The molecule has 0 amide bonds. The standard InChI is InChI=1S/C9H10N2O2/c1-2-9(11-13)10-7-5-3-4-6-8(7)12/h2-6,9-10,12H,1H2. The van der Waals surface area contributed by atoms with Gasteiger partial charge >= 0.3 is 0 Å². The number of para-hydroxylation sites is 2. The summed E-state index contributed by atoms with van der Waals surface area (Å²) in [6.45, 7) is 3.42. The van der Waals surface area contributed by atoms with E-state index in [1.165, 1.54) is 12.1 Å². The quantitative estimate of drug-likeness (QED) is 0.421. The predicted molar refractivity (Wildman–Crippen MR) is 51.5 cm³/mol. The van der Waals surface area contributed by atoms with Gasteiger partial charge in [-0.25, -0.2) is 0 Å². The summed E-state index contributed by atoms with van der Waals surface area (Å²) in [6.07, 6.45) is 0.646. The number of benzene rings is 1. The van der Waals surface area contributed by atoms with Crippen LogP contribution in [-0.4, -0.2) is 11.3 Å². The highest BCUT2D eigenvalue weighted by molar-refractivity contribution is 5.56. The molecule has 1 atom stereocenters. The second kappa shape index (κ2) is 4.25. The van der Waals surface area contributed by atoms with Crippen molar-refractivity contribution in [1.29, 1.82) is 0 Å². The van der Waals surface area contributed by atoms with Gasteiger partial charge in [0.1, 0.15) is 5.75 Å². The maximum atomic E-state index is 10.2. The minimum atomic E-state index is -0.715. The molecule has 68 valence electrons. The molecule has 0 saturated heterocycles. The summed E-state index contributed by atoms with van der Waals surface area (Å²) >= 11 is 0. The van der Waals surface area contributed by atoms with Crippen LogP contribution in [0.4, 0.5) is 5.69 Å². The van der Waals surface area contributed by atoms with Crippen LogP contribution in [0.5, 0.6) is 5.75 Å². The van der Waals surface area contributed by atoms with Crippen LogP contribution in [0.3, 0.4) is 0 Å². The van der Waals surface area contributed by atoms with E-state index in [1.54, 1.807) is 18.2 Å². The highest BCUT2D eigenvalue weighted by Gasteiger charge is 2.04. The highest BCUT2D eigenvalue weighted by atomic mass is 16.3. The van der Waals surface area contributed by atoms with E-state index in [1.807, 2.05) is 0 Å². The number of aromatic hydroxyl groups is 1. The Hall–Kier alpha value is -1.84. The smallest absolute Gasteiger partial charge is 0.179 e. The van der Waals surface area contributed by atoms with Crippen LogP contribution in [0.2, 0.25) is 0 Å². The Morgan fingerprint density at radius 2 is 2.23 bits per heavy atom. The molecule has 1 rings (SSSR count). The van der Waals surface area contributed by atoms with Gasteiger partial charge in [-0.3, -0.25) is 0 Å². The third-order valence-corrected chi connectivity index (χ3v) is 1.54. The molecule has 0 aromatic heterocycles. The molecule has 1 unspecified atom stereocenters. The van der Waals surface area contributed by atoms with Crippen LogP contribution in [0.1, 0.15) is 0 Å².